The summed E-state index contributed by atoms with van der Waals surface area (Å²) in [4.78, 5) is 15.6. The lowest BCUT2D eigenvalue weighted by Gasteiger charge is -2.10. The molecule has 0 saturated carbocycles. The fraction of sp³-hybridized carbons (Fsp3) is 0.167. The highest BCUT2D eigenvalue weighted by atomic mass is 35.5. The van der Waals surface area contributed by atoms with E-state index in [1.54, 1.807) is 25.1 Å². The second kappa shape index (κ2) is 7.40. The summed E-state index contributed by atoms with van der Waals surface area (Å²) in [5.74, 6) is -0.0723. The molecule has 140 valence electrons. The third-order valence-corrected chi connectivity index (χ3v) is 3.97. The van der Waals surface area contributed by atoms with Gasteiger partial charge in [-0.25, -0.2) is 0 Å². The van der Waals surface area contributed by atoms with Gasteiger partial charge in [0, 0.05) is 28.4 Å². The number of carbonyl (C=O) groups is 1. The highest BCUT2D eigenvalue weighted by Crippen LogP contribution is 2.30. The minimum atomic E-state index is -4.55. The predicted octanol–water partition coefficient (Wildman–Crippen LogP) is 4.90. The quantitative estimate of drug-likeness (QED) is 0.682. The summed E-state index contributed by atoms with van der Waals surface area (Å²) in [6, 6.07) is 9.62. The van der Waals surface area contributed by atoms with E-state index in [0.29, 0.717) is 16.3 Å². The van der Waals surface area contributed by atoms with E-state index in [-0.39, 0.29) is 17.2 Å². The zero-order valence-corrected chi connectivity index (χ0v) is 14.7. The van der Waals surface area contributed by atoms with E-state index in [2.05, 4.69) is 15.5 Å². The standard InChI is InChI=1S/C18H13ClF3N3O2/c1-10(24-17(26)12-3-2-4-13(19)7-12)15-9-14(25-27-15)11-5-6-23-16(8-11)18(20,21)22/h2-10H,1H3,(H,24,26). The van der Waals surface area contributed by atoms with Crippen LogP contribution in [0.2, 0.25) is 5.02 Å². The molecule has 0 aliphatic rings. The van der Waals surface area contributed by atoms with Crippen LogP contribution in [0.1, 0.15) is 34.8 Å². The lowest BCUT2D eigenvalue weighted by atomic mass is 10.1. The van der Waals surface area contributed by atoms with Crippen LogP contribution >= 0.6 is 11.6 Å². The SMILES string of the molecule is CC(NC(=O)c1cccc(Cl)c1)c1cc(-c2ccnc(C(F)(F)F)c2)no1. The molecule has 1 amide bonds. The third-order valence-electron chi connectivity index (χ3n) is 3.74. The second-order valence-corrected chi connectivity index (χ2v) is 6.18. The molecule has 0 saturated heterocycles. The fourth-order valence-electron chi connectivity index (χ4n) is 2.36. The highest BCUT2D eigenvalue weighted by molar-refractivity contribution is 6.30. The van der Waals surface area contributed by atoms with Crippen LogP contribution in [0.25, 0.3) is 11.3 Å². The van der Waals surface area contributed by atoms with Crippen molar-refractivity contribution in [3.63, 3.8) is 0 Å². The molecule has 0 radical (unpaired) electrons. The fourth-order valence-corrected chi connectivity index (χ4v) is 2.55. The van der Waals surface area contributed by atoms with Gasteiger partial charge in [0.15, 0.2) is 5.76 Å². The minimum absolute atomic E-state index is 0.209. The highest BCUT2D eigenvalue weighted by Gasteiger charge is 2.32. The molecule has 0 aliphatic heterocycles. The Labute approximate surface area is 157 Å². The number of alkyl halides is 3. The predicted molar refractivity (Wildman–Crippen MR) is 92.1 cm³/mol. The Balaban J connectivity index is 1.76. The summed E-state index contributed by atoms with van der Waals surface area (Å²) in [7, 11) is 0. The van der Waals surface area contributed by atoms with Crippen molar-refractivity contribution in [3.05, 3.63) is 70.7 Å². The average Bonchev–Trinajstić information content (AvgIpc) is 3.11. The maximum absolute atomic E-state index is 12.8. The first kappa shape index (κ1) is 18.9. The molecule has 3 aromatic rings. The van der Waals surface area contributed by atoms with E-state index in [0.717, 1.165) is 12.3 Å². The van der Waals surface area contributed by atoms with Crippen molar-refractivity contribution in [1.29, 1.82) is 0 Å². The van der Waals surface area contributed by atoms with E-state index in [4.69, 9.17) is 16.1 Å². The number of rotatable bonds is 4. The molecule has 0 fully saturated rings. The molecule has 9 heteroatoms. The molecule has 1 atom stereocenters. The van der Waals surface area contributed by atoms with Gasteiger partial charge in [-0.1, -0.05) is 22.8 Å². The third kappa shape index (κ3) is 4.46. The number of nitrogens with zero attached hydrogens (tertiary/aromatic N) is 2. The van der Waals surface area contributed by atoms with Crippen molar-refractivity contribution in [2.24, 2.45) is 0 Å². The largest absolute Gasteiger partial charge is 0.433 e. The van der Waals surface area contributed by atoms with Gasteiger partial charge in [0.2, 0.25) is 0 Å². The zero-order valence-electron chi connectivity index (χ0n) is 13.9. The summed E-state index contributed by atoms with van der Waals surface area (Å²) >= 11 is 5.86. The van der Waals surface area contributed by atoms with Crippen LogP contribution in [0.4, 0.5) is 13.2 Å². The number of pyridine rings is 1. The van der Waals surface area contributed by atoms with E-state index >= 15 is 0 Å². The number of hydrogen-bond donors (Lipinski definition) is 1. The lowest BCUT2D eigenvalue weighted by Crippen LogP contribution is -2.26. The molecule has 27 heavy (non-hydrogen) atoms. The molecule has 1 N–H and O–H groups in total. The molecule has 0 bridgehead atoms. The number of hydrogen-bond acceptors (Lipinski definition) is 4. The Hall–Kier alpha value is -2.87. The van der Waals surface area contributed by atoms with Crippen LogP contribution < -0.4 is 5.32 Å². The van der Waals surface area contributed by atoms with E-state index in [9.17, 15) is 18.0 Å². The Bertz CT molecular complexity index is 972. The van der Waals surface area contributed by atoms with Crippen LogP contribution in [0, 0.1) is 0 Å². The molecular formula is C18H13ClF3N3O2. The number of nitrogens with one attached hydrogen (secondary N) is 1. The number of carbonyl (C=O) groups excluding carboxylic acids is 1. The van der Waals surface area contributed by atoms with E-state index in [1.165, 1.54) is 18.2 Å². The van der Waals surface area contributed by atoms with Crippen molar-refractivity contribution < 1.29 is 22.5 Å². The Kier molecular flexibility index (Phi) is 5.18. The first-order valence-electron chi connectivity index (χ1n) is 7.80. The summed E-state index contributed by atoms with van der Waals surface area (Å²) in [6.45, 7) is 1.67. The van der Waals surface area contributed by atoms with Gasteiger partial charge in [-0.2, -0.15) is 13.2 Å². The van der Waals surface area contributed by atoms with Crippen molar-refractivity contribution in [2.75, 3.05) is 0 Å². The Morgan fingerprint density at radius 1 is 1.22 bits per heavy atom. The second-order valence-electron chi connectivity index (χ2n) is 5.75. The van der Waals surface area contributed by atoms with Gasteiger partial charge in [0.25, 0.3) is 5.91 Å². The number of aromatic nitrogens is 2. The first-order valence-corrected chi connectivity index (χ1v) is 8.18. The van der Waals surface area contributed by atoms with E-state index < -0.39 is 17.9 Å². The summed E-state index contributed by atoms with van der Waals surface area (Å²) in [5.41, 5.74) is -0.229. The van der Waals surface area contributed by atoms with Crippen molar-refractivity contribution >= 4 is 17.5 Å². The topological polar surface area (TPSA) is 68.0 Å². The molecule has 1 aromatic carbocycles. The van der Waals surface area contributed by atoms with Gasteiger partial charge in [0.05, 0.1) is 6.04 Å². The monoisotopic (exact) mass is 395 g/mol. The number of halogens is 4. The molecule has 0 aliphatic carbocycles. The van der Waals surface area contributed by atoms with Gasteiger partial charge in [-0.15, -0.1) is 0 Å². The zero-order chi connectivity index (χ0) is 19.6. The first-order chi connectivity index (χ1) is 12.7. The molecule has 5 nitrogen and oxygen atoms in total. The molecule has 2 heterocycles. The average molecular weight is 396 g/mol. The smallest absolute Gasteiger partial charge is 0.359 e. The summed E-state index contributed by atoms with van der Waals surface area (Å²) in [5, 5.41) is 6.93. The van der Waals surface area contributed by atoms with E-state index in [1.807, 2.05) is 0 Å². The molecular weight excluding hydrogens is 383 g/mol. The number of benzene rings is 1. The summed E-state index contributed by atoms with van der Waals surface area (Å²) in [6.07, 6.45) is -3.50. The lowest BCUT2D eigenvalue weighted by molar-refractivity contribution is -0.141. The van der Waals surface area contributed by atoms with Crippen LogP contribution in [0.3, 0.4) is 0 Å². The van der Waals surface area contributed by atoms with Gasteiger partial charge in [-0.3, -0.25) is 9.78 Å². The Morgan fingerprint density at radius 3 is 2.70 bits per heavy atom. The van der Waals surface area contributed by atoms with Crippen LogP contribution in [-0.2, 0) is 6.18 Å². The summed E-state index contributed by atoms with van der Waals surface area (Å²) < 4.78 is 43.5. The Morgan fingerprint density at radius 2 is 2.00 bits per heavy atom. The molecule has 1 unspecified atom stereocenters. The van der Waals surface area contributed by atoms with Crippen molar-refractivity contribution in [1.82, 2.24) is 15.5 Å². The molecule has 0 spiro atoms. The maximum atomic E-state index is 12.8. The van der Waals surface area contributed by atoms with Gasteiger partial charge in [0.1, 0.15) is 11.4 Å². The van der Waals surface area contributed by atoms with Crippen molar-refractivity contribution in [2.45, 2.75) is 19.1 Å². The van der Waals surface area contributed by atoms with Gasteiger partial charge < -0.3 is 9.84 Å². The normalized spacial score (nSPS) is 12.6. The minimum Gasteiger partial charge on any atom is -0.359 e. The van der Waals surface area contributed by atoms with Crippen molar-refractivity contribution in [3.8, 4) is 11.3 Å². The van der Waals surface area contributed by atoms with Gasteiger partial charge in [-0.05, 0) is 37.3 Å². The maximum Gasteiger partial charge on any atom is 0.433 e. The molecule has 2 aromatic heterocycles. The van der Waals surface area contributed by atoms with Crippen LogP contribution in [-0.4, -0.2) is 16.0 Å². The number of amides is 1. The molecule has 3 rings (SSSR count). The van der Waals surface area contributed by atoms with Crippen LogP contribution in [0.15, 0.2) is 53.2 Å². The van der Waals surface area contributed by atoms with Gasteiger partial charge >= 0.3 is 6.18 Å². The van der Waals surface area contributed by atoms with Crippen LogP contribution in [0.5, 0.6) is 0 Å².